The molecule has 3 rings (SSSR count). The Hall–Kier alpha value is -3.02. The number of hydrogen-bond acceptors (Lipinski definition) is 6. The van der Waals surface area contributed by atoms with Crippen molar-refractivity contribution < 1.29 is 28.5 Å². The third-order valence-electron chi connectivity index (χ3n) is 4.37. The van der Waals surface area contributed by atoms with Crippen LogP contribution in [0.1, 0.15) is 25.5 Å². The number of rotatable bonds is 6. The minimum Gasteiger partial charge on any atom is -0.497 e. The fourth-order valence-electron chi connectivity index (χ4n) is 2.78. The average molecular weight is 370 g/mol. The average Bonchev–Trinajstić information content (AvgIpc) is 2.94. The fourth-order valence-corrected chi connectivity index (χ4v) is 2.78. The van der Waals surface area contributed by atoms with E-state index >= 15 is 0 Å². The first-order valence-electron chi connectivity index (χ1n) is 8.63. The first-order chi connectivity index (χ1) is 12.9. The largest absolute Gasteiger partial charge is 0.497 e. The predicted octanol–water partition coefficient (Wildman–Crippen LogP) is 3.31. The zero-order valence-electron chi connectivity index (χ0n) is 15.5. The van der Waals surface area contributed by atoms with E-state index < -0.39 is 29.6 Å². The third kappa shape index (κ3) is 4.22. The molecule has 2 aromatic rings. The van der Waals surface area contributed by atoms with Crippen LogP contribution in [0.4, 0.5) is 0 Å². The summed E-state index contributed by atoms with van der Waals surface area (Å²) in [5.41, 5.74) is 0.0381. The summed E-state index contributed by atoms with van der Waals surface area (Å²) < 4.78 is 21.6. The molecule has 0 amide bonds. The van der Waals surface area contributed by atoms with Crippen molar-refractivity contribution in [1.82, 2.24) is 0 Å². The van der Waals surface area contributed by atoms with E-state index in [0.29, 0.717) is 17.1 Å². The molecular weight excluding hydrogens is 348 g/mol. The van der Waals surface area contributed by atoms with Crippen molar-refractivity contribution in [2.24, 2.45) is 5.41 Å². The summed E-state index contributed by atoms with van der Waals surface area (Å²) in [7, 11) is 1.57. The van der Waals surface area contributed by atoms with Crippen molar-refractivity contribution in [2.75, 3.05) is 13.7 Å². The second-order valence-electron chi connectivity index (χ2n) is 7.00. The number of cyclic esters (lactones) is 1. The third-order valence-corrected chi connectivity index (χ3v) is 4.37. The minimum atomic E-state index is -1.01. The second kappa shape index (κ2) is 7.70. The molecule has 0 unspecified atom stereocenters. The summed E-state index contributed by atoms with van der Waals surface area (Å²) in [4.78, 5) is 24.8. The van der Waals surface area contributed by atoms with Crippen molar-refractivity contribution in [3.8, 4) is 11.5 Å². The molecule has 0 spiro atoms. The highest BCUT2D eigenvalue weighted by Gasteiger charge is 2.47. The first-order valence-corrected chi connectivity index (χ1v) is 8.63. The normalized spacial score (nSPS) is 19.1. The molecule has 1 aliphatic rings. The van der Waals surface area contributed by atoms with Crippen molar-refractivity contribution >= 4 is 11.9 Å². The van der Waals surface area contributed by atoms with Gasteiger partial charge in [-0.1, -0.05) is 44.2 Å². The Morgan fingerprint density at radius 1 is 1.07 bits per heavy atom. The van der Waals surface area contributed by atoms with Gasteiger partial charge in [0.15, 0.2) is 0 Å². The van der Waals surface area contributed by atoms with Crippen LogP contribution in [0.25, 0.3) is 0 Å². The molecule has 0 bridgehead atoms. The van der Waals surface area contributed by atoms with Gasteiger partial charge in [0.1, 0.15) is 18.1 Å². The lowest BCUT2D eigenvalue weighted by molar-refractivity contribution is -0.169. The Kier molecular flexibility index (Phi) is 5.35. The quantitative estimate of drug-likeness (QED) is 0.727. The Morgan fingerprint density at radius 2 is 1.70 bits per heavy atom. The van der Waals surface area contributed by atoms with Crippen LogP contribution in [-0.4, -0.2) is 31.8 Å². The molecule has 6 heteroatoms. The van der Waals surface area contributed by atoms with Gasteiger partial charge in [-0.2, -0.15) is 0 Å². The van der Waals surface area contributed by atoms with Gasteiger partial charge in [0.2, 0.25) is 12.2 Å². The zero-order chi connectivity index (χ0) is 19.4. The molecule has 6 nitrogen and oxygen atoms in total. The van der Waals surface area contributed by atoms with Crippen LogP contribution in [0.5, 0.6) is 11.5 Å². The van der Waals surface area contributed by atoms with Crippen LogP contribution in [0, 0.1) is 5.41 Å². The molecule has 0 radical (unpaired) electrons. The smallest absolute Gasteiger partial charge is 0.352 e. The molecule has 1 heterocycles. The number of hydrogen-bond donors (Lipinski definition) is 0. The Balaban J connectivity index is 1.83. The van der Waals surface area contributed by atoms with Gasteiger partial charge < -0.3 is 18.9 Å². The summed E-state index contributed by atoms with van der Waals surface area (Å²) in [5, 5.41) is 0. The van der Waals surface area contributed by atoms with E-state index in [2.05, 4.69) is 0 Å². The van der Waals surface area contributed by atoms with E-state index in [-0.39, 0.29) is 6.61 Å². The van der Waals surface area contributed by atoms with Gasteiger partial charge in [0.05, 0.1) is 7.11 Å². The molecule has 2 aromatic carbocycles. The van der Waals surface area contributed by atoms with Crippen LogP contribution in [0.3, 0.4) is 0 Å². The molecule has 142 valence electrons. The maximum absolute atomic E-state index is 12.9. The number of methoxy groups -OCH3 is 1. The molecular formula is C21H22O6. The Labute approximate surface area is 158 Å². The van der Waals surface area contributed by atoms with Crippen LogP contribution < -0.4 is 9.47 Å². The SMILES string of the molecule is COc1ccc(O[C@H](C(=O)O[C@H]2C(=O)OCC2(C)C)c2ccccc2)cc1. The second-order valence-corrected chi connectivity index (χ2v) is 7.00. The highest BCUT2D eigenvalue weighted by Crippen LogP contribution is 2.33. The van der Waals surface area contributed by atoms with Gasteiger partial charge in [-0.25, -0.2) is 9.59 Å². The predicted molar refractivity (Wildman–Crippen MR) is 97.4 cm³/mol. The lowest BCUT2D eigenvalue weighted by Crippen LogP contribution is -2.37. The zero-order valence-corrected chi connectivity index (χ0v) is 15.5. The lowest BCUT2D eigenvalue weighted by atomic mass is 9.90. The summed E-state index contributed by atoms with van der Waals surface area (Å²) in [6, 6.07) is 15.9. The number of benzene rings is 2. The molecule has 27 heavy (non-hydrogen) atoms. The van der Waals surface area contributed by atoms with Crippen LogP contribution in [0.15, 0.2) is 54.6 Å². The molecule has 0 aliphatic carbocycles. The van der Waals surface area contributed by atoms with E-state index in [1.807, 2.05) is 19.9 Å². The molecule has 0 aromatic heterocycles. The fraction of sp³-hybridized carbons (Fsp3) is 0.333. The van der Waals surface area contributed by atoms with Crippen LogP contribution in [0.2, 0.25) is 0 Å². The van der Waals surface area contributed by atoms with Crippen molar-refractivity contribution in [3.63, 3.8) is 0 Å². The van der Waals surface area contributed by atoms with Gasteiger partial charge >= 0.3 is 11.9 Å². The molecule has 0 N–H and O–H groups in total. The maximum atomic E-state index is 12.9. The molecule has 2 atom stereocenters. The van der Waals surface area contributed by atoms with Gasteiger partial charge in [-0.15, -0.1) is 0 Å². The van der Waals surface area contributed by atoms with Crippen molar-refractivity contribution in [1.29, 1.82) is 0 Å². The first kappa shape index (κ1) is 18.8. The topological polar surface area (TPSA) is 71.1 Å². The van der Waals surface area contributed by atoms with Gasteiger partial charge in [0, 0.05) is 11.0 Å². The summed E-state index contributed by atoms with van der Waals surface area (Å²) in [6.07, 6.45) is -1.97. The number of carbonyl (C=O) groups is 2. The van der Waals surface area contributed by atoms with Gasteiger partial charge in [0.25, 0.3) is 0 Å². The standard InChI is InChI=1S/C21H22O6/c1-21(2)13-25-20(23)18(21)27-19(22)17(14-7-5-4-6-8-14)26-16-11-9-15(24-3)10-12-16/h4-12,17-18H,13H2,1-3H3/t17-,18-/m0/s1. The number of esters is 2. The molecule has 0 saturated carbocycles. The van der Waals surface area contributed by atoms with E-state index in [4.69, 9.17) is 18.9 Å². The van der Waals surface area contributed by atoms with Crippen LogP contribution >= 0.6 is 0 Å². The maximum Gasteiger partial charge on any atom is 0.352 e. The molecule has 1 aliphatic heterocycles. The minimum absolute atomic E-state index is 0.207. The number of carbonyl (C=O) groups excluding carboxylic acids is 2. The molecule has 1 fully saturated rings. The highest BCUT2D eigenvalue weighted by atomic mass is 16.6. The summed E-state index contributed by atoms with van der Waals surface area (Å²) in [5.74, 6) is -0.0231. The monoisotopic (exact) mass is 370 g/mol. The van der Waals surface area contributed by atoms with Crippen molar-refractivity contribution in [2.45, 2.75) is 26.1 Å². The number of ether oxygens (including phenoxy) is 4. The van der Waals surface area contributed by atoms with Crippen molar-refractivity contribution in [3.05, 3.63) is 60.2 Å². The highest BCUT2D eigenvalue weighted by molar-refractivity contribution is 5.84. The van der Waals surface area contributed by atoms with Gasteiger partial charge in [-0.3, -0.25) is 0 Å². The van der Waals surface area contributed by atoms with Crippen LogP contribution in [-0.2, 0) is 19.1 Å². The Bertz CT molecular complexity index is 797. The summed E-state index contributed by atoms with van der Waals surface area (Å²) >= 11 is 0. The van der Waals surface area contributed by atoms with E-state index in [1.54, 1.807) is 55.6 Å². The summed E-state index contributed by atoms with van der Waals surface area (Å²) in [6.45, 7) is 3.84. The lowest BCUT2D eigenvalue weighted by Gasteiger charge is -2.25. The Morgan fingerprint density at radius 3 is 2.26 bits per heavy atom. The molecule has 1 saturated heterocycles. The van der Waals surface area contributed by atoms with Gasteiger partial charge in [-0.05, 0) is 24.3 Å². The van der Waals surface area contributed by atoms with E-state index in [9.17, 15) is 9.59 Å². The van der Waals surface area contributed by atoms with E-state index in [1.165, 1.54) is 0 Å². The van der Waals surface area contributed by atoms with E-state index in [0.717, 1.165) is 0 Å².